The van der Waals surface area contributed by atoms with Crippen LogP contribution >= 0.6 is 222 Å². The van der Waals surface area contributed by atoms with Crippen LogP contribution in [0.3, 0.4) is 0 Å². The summed E-state index contributed by atoms with van der Waals surface area (Å²) in [5.74, 6) is -0.535. The molecule has 0 nitrogen and oxygen atoms in total. The van der Waals surface area contributed by atoms with Crippen molar-refractivity contribution in [1.82, 2.24) is 0 Å². The molecule has 0 aliphatic heterocycles. The standard InChI is InChI=1S/C12H8S4.C11H8S3.C10H8S2.3C6H5F.C6H4S4.C5H4S3.C4H4S2/c13-9-8(10(14)12(16)11(9)15)6-7-4-2-1-3-5-7;12-9-8(10(13)11(9)14)6-7-4-2-1-3-5-7;11-9-8(10(9)12)6-7-4-2-1-3-5-7;3*7-6-4-2-1-3-5-6;1-2-3(7)5(9)6(10)4(2)8;1-2-3(6)5(8)4(2)7;1-2-3(5)4(2)6/h1-5,13H,6H2;1-5,12H,6H2;1-5,11H,6H2;3*1-5H;7H,1H3;6H,1H3;5H,1H3. The van der Waals surface area contributed by atoms with Gasteiger partial charge in [-0.3, -0.25) is 0 Å². The van der Waals surface area contributed by atoms with Crippen molar-refractivity contribution < 1.29 is 13.2 Å². The highest BCUT2D eigenvalue weighted by molar-refractivity contribution is 7.83. The Morgan fingerprint density at radius 1 is 0.230 bits per heavy atom. The molecular weight excluding hydrogens is 1430 g/mol. The average molecular weight is 1480 g/mol. The van der Waals surface area contributed by atoms with Crippen molar-refractivity contribution in [3.8, 4) is 0 Å². The maximum absolute atomic E-state index is 11.9. The van der Waals surface area contributed by atoms with Crippen LogP contribution in [0.2, 0.25) is 0 Å². The summed E-state index contributed by atoms with van der Waals surface area (Å²) in [6, 6.07) is 54.4. The van der Waals surface area contributed by atoms with Crippen LogP contribution in [0.4, 0.5) is 13.2 Å². The van der Waals surface area contributed by atoms with E-state index < -0.39 is 0 Å². The molecule has 0 aliphatic carbocycles. The number of rotatable bonds is 6. The Kier molecular flexibility index (Phi) is 33.8. The fourth-order valence-corrected chi connectivity index (χ4v) is 12.1. The number of hydrogen-bond donors (Lipinski definition) is 6. The minimum absolute atomic E-state index is 0.178. The Morgan fingerprint density at radius 3 is 0.552 bits per heavy atom. The monoisotopic (exact) mass is 1480 g/mol. The summed E-state index contributed by atoms with van der Waals surface area (Å²) < 4.78 is 44.6. The highest BCUT2D eigenvalue weighted by Gasteiger charge is 2.14. The normalized spacial score (nSPS) is 10.1. The van der Waals surface area contributed by atoms with Gasteiger partial charge in [0.05, 0.1) is 54.1 Å². The van der Waals surface area contributed by atoms with E-state index in [0.29, 0.717) is 27.1 Å². The SMILES string of the molecule is Cc1c(S)c(=S)c(=S)c1=S.Cc1c(S)c(=S)c1=S.Cc1c(S)c1=S.Fc1ccccc1.Fc1ccccc1.Fc1ccccc1.S=c1c(S)c(Cc2ccccc2)c(=S)c1=S.S=c1c(S)c(Cc2ccccc2)c1=S.S=c1c(S)c1Cc1ccccc1. The lowest BCUT2D eigenvalue weighted by Gasteiger charge is -2.09. The second-order valence-electron chi connectivity index (χ2n) is 18.2. The van der Waals surface area contributed by atoms with E-state index in [0.717, 1.165) is 97.9 Å². The molecule has 0 aromatic heterocycles. The van der Waals surface area contributed by atoms with Gasteiger partial charge in [0.2, 0.25) is 0 Å². The third-order valence-electron chi connectivity index (χ3n) is 12.0. The Bertz CT molecular complexity index is 4460. The Labute approximate surface area is 601 Å². The third kappa shape index (κ3) is 24.4. The fourth-order valence-electron chi connectivity index (χ4n) is 6.75. The largest absolute Gasteiger partial charge is 0.207 e. The van der Waals surface area contributed by atoms with Crippen LogP contribution in [0.5, 0.6) is 0 Å². The first-order valence-corrected chi connectivity index (χ1v) is 33.0. The molecule has 0 saturated heterocycles. The molecule has 0 N–H and O–H groups in total. The van der Waals surface area contributed by atoms with Crippen LogP contribution in [-0.2, 0) is 19.3 Å². The highest BCUT2D eigenvalue weighted by atomic mass is 32.1. The molecule has 12 rings (SSSR count). The molecule has 0 amide bonds. The van der Waals surface area contributed by atoms with Crippen molar-refractivity contribution in [3.63, 3.8) is 0 Å². The molecule has 12 aromatic rings. The Hall–Kier alpha value is -3.27. The lowest BCUT2D eigenvalue weighted by Crippen LogP contribution is -1.96. The van der Waals surface area contributed by atoms with Crippen LogP contribution in [0.15, 0.2) is 211 Å². The summed E-state index contributed by atoms with van der Waals surface area (Å²) >= 11 is 85.4. The zero-order valence-electron chi connectivity index (χ0n) is 46.2. The molecule has 444 valence electrons. The number of hydrogen-bond acceptors (Lipinski definition) is 18. The quantitative estimate of drug-likeness (QED) is 0.0694. The van der Waals surface area contributed by atoms with Gasteiger partial charge in [-0.1, -0.05) is 292 Å². The van der Waals surface area contributed by atoms with Gasteiger partial charge in [-0.25, -0.2) is 13.2 Å². The average Bonchev–Trinajstić information content (AvgIpc) is 3.79. The van der Waals surface area contributed by atoms with Crippen LogP contribution < -0.4 is 0 Å². The van der Waals surface area contributed by atoms with Gasteiger partial charge in [0.15, 0.2) is 0 Å². The number of thiol groups is 6. The molecule has 0 spiro atoms. The molecule has 87 heavy (non-hydrogen) atoms. The summed E-state index contributed by atoms with van der Waals surface area (Å²) in [4.78, 5) is 5.37. The fraction of sp³-hybridized carbons (Fsp3) is 0.0909. The van der Waals surface area contributed by atoms with Crippen molar-refractivity contribution >= 4 is 222 Å². The topological polar surface area (TPSA) is 0 Å². The summed E-state index contributed by atoms with van der Waals surface area (Å²) in [6.45, 7) is 5.79. The van der Waals surface area contributed by atoms with E-state index in [1.807, 2.05) is 75.4 Å². The Morgan fingerprint density at radius 2 is 0.414 bits per heavy atom. The zero-order chi connectivity index (χ0) is 64.7. The summed E-state index contributed by atoms with van der Waals surface area (Å²) in [5, 5.41) is 0. The third-order valence-corrected chi connectivity index (χ3v) is 22.2. The summed E-state index contributed by atoms with van der Waals surface area (Å²) in [6.07, 6.45) is 2.54. The highest BCUT2D eigenvalue weighted by Crippen LogP contribution is 2.31. The van der Waals surface area contributed by atoms with Crippen LogP contribution in [0, 0.1) is 92.3 Å². The van der Waals surface area contributed by atoms with Gasteiger partial charge >= 0.3 is 0 Å². The predicted molar refractivity (Wildman–Crippen MR) is 408 cm³/mol. The molecule has 0 radical (unpaired) electrons. The zero-order valence-corrected chi connectivity index (χ0v) is 61.3. The molecule has 0 heterocycles. The second-order valence-corrected chi connectivity index (χ2v) is 25.8. The molecular formula is C66H51F3S18. The van der Waals surface area contributed by atoms with Crippen molar-refractivity contribution in [2.45, 2.75) is 69.4 Å². The number of benzene rings is 6. The van der Waals surface area contributed by atoms with Crippen molar-refractivity contribution in [2.75, 3.05) is 0 Å². The van der Waals surface area contributed by atoms with E-state index in [2.05, 4.69) is 112 Å². The van der Waals surface area contributed by atoms with Gasteiger partial charge in [0.1, 0.15) is 17.5 Å². The van der Waals surface area contributed by atoms with Crippen molar-refractivity contribution in [2.24, 2.45) is 0 Å². The van der Waals surface area contributed by atoms with Crippen molar-refractivity contribution in [1.29, 1.82) is 0 Å². The maximum Gasteiger partial charge on any atom is 0.123 e. The van der Waals surface area contributed by atoms with E-state index in [9.17, 15) is 13.2 Å². The number of halogens is 3. The smallest absolute Gasteiger partial charge is 0.123 e. The molecule has 12 aromatic carbocycles. The predicted octanol–water partition coefficient (Wildman–Crippen LogP) is 25.0. The van der Waals surface area contributed by atoms with Gasteiger partial charge in [-0.2, -0.15) is 0 Å². The van der Waals surface area contributed by atoms with Gasteiger partial charge in [-0.05, 0) is 107 Å². The molecule has 0 aliphatic rings. The minimum atomic E-state index is -0.178. The van der Waals surface area contributed by atoms with Crippen LogP contribution in [0.1, 0.15) is 50.1 Å². The molecule has 0 saturated carbocycles. The van der Waals surface area contributed by atoms with Gasteiger partial charge < -0.3 is 0 Å². The van der Waals surface area contributed by atoms with E-state index in [4.69, 9.17) is 147 Å². The van der Waals surface area contributed by atoms with Crippen LogP contribution in [-0.4, -0.2) is 0 Å². The lowest BCUT2D eigenvalue weighted by atomic mass is 10.0. The second kappa shape index (κ2) is 38.5. The first-order chi connectivity index (χ1) is 41.2. The molecule has 0 fully saturated rings. The molecule has 21 heteroatoms. The van der Waals surface area contributed by atoms with Gasteiger partial charge in [0.25, 0.3) is 0 Å². The summed E-state index contributed by atoms with van der Waals surface area (Å²) in [5.41, 5.74) is 10.3. The lowest BCUT2D eigenvalue weighted by molar-refractivity contribution is 0.627. The van der Waals surface area contributed by atoms with E-state index >= 15 is 0 Å². The maximum atomic E-state index is 11.9. The summed E-state index contributed by atoms with van der Waals surface area (Å²) in [7, 11) is 0. The van der Waals surface area contributed by atoms with E-state index in [-0.39, 0.29) is 17.5 Å². The minimum Gasteiger partial charge on any atom is -0.207 e. The van der Waals surface area contributed by atoms with Gasteiger partial charge in [-0.15, -0.1) is 75.8 Å². The van der Waals surface area contributed by atoms with Crippen molar-refractivity contribution in [3.05, 3.63) is 304 Å². The van der Waals surface area contributed by atoms with Gasteiger partial charge in [0, 0.05) is 48.6 Å². The van der Waals surface area contributed by atoms with Crippen LogP contribution in [0.25, 0.3) is 0 Å². The molecule has 0 atom stereocenters. The Balaban J connectivity index is 0.000000213. The molecule has 0 unspecified atom stereocenters. The van der Waals surface area contributed by atoms with E-state index in [1.54, 1.807) is 54.6 Å². The molecule has 0 bridgehead atoms. The van der Waals surface area contributed by atoms with E-state index in [1.165, 1.54) is 64.2 Å². The first-order valence-electron chi connectivity index (χ1n) is 25.4. The first kappa shape index (κ1) is 76.2.